The van der Waals surface area contributed by atoms with Gasteiger partial charge in [0, 0.05) is 31.8 Å². The Balaban J connectivity index is 2.06. The zero-order chi connectivity index (χ0) is 13.8. The van der Waals surface area contributed by atoms with Gasteiger partial charge in [0.1, 0.15) is 5.82 Å². The lowest BCUT2D eigenvalue weighted by Crippen LogP contribution is -2.23. The normalized spacial score (nSPS) is 23.1. The third-order valence-electron chi connectivity index (χ3n) is 4.22. The van der Waals surface area contributed by atoms with Crippen molar-refractivity contribution in [3.63, 3.8) is 0 Å². The molecule has 1 aromatic rings. The molecule has 0 spiro atoms. The number of aromatic nitrogens is 1. The van der Waals surface area contributed by atoms with Crippen molar-refractivity contribution in [2.45, 2.75) is 39.0 Å². The van der Waals surface area contributed by atoms with E-state index in [1.54, 1.807) is 6.20 Å². The molecule has 2 atom stereocenters. The summed E-state index contributed by atoms with van der Waals surface area (Å²) in [5, 5.41) is 0. The van der Waals surface area contributed by atoms with Crippen LogP contribution in [0.4, 0.5) is 5.82 Å². The second kappa shape index (κ2) is 6.18. The molecule has 104 valence electrons. The number of nitrogens with zero attached hydrogens (tertiary/aromatic N) is 2. The zero-order valence-corrected chi connectivity index (χ0v) is 12.2. The van der Waals surface area contributed by atoms with Crippen molar-refractivity contribution in [3.05, 3.63) is 23.9 Å². The van der Waals surface area contributed by atoms with E-state index in [9.17, 15) is 4.79 Å². The molecular weight excluding hydrogens is 236 g/mol. The van der Waals surface area contributed by atoms with Crippen LogP contribution in [0.1, 0.15) is 49.4 Å². The van der Waals surface area contributed by atoms with Gasteiger partial charge in [-0.2, -0.15) is 0 Å². The lowest BCUT2D eigenvalue weighted by atomic mass is 9.77. The van der Waals surface area contributed by atoms with Gasteiger partial charge in [0.25, 0.3) is 0 Å². The van der Waals surface area contributed by atoms with E-state index in [-0.39, 0.29) is 11.7 Å². The summed E-state index contributed by atoms with van der Waals surface area (Å²) in [4.78, 5) is 18.8. The zero-order valence-electron chi connectivity index (χ0n) is 12.2. The Labute approximate surface area is 116 Å². The van der Waals surface area contributed by atoms with Gasteiger partial charge in [0.2, 0.25) is 0 Å². The minimum atomic E-state index is 0.214. The van der Waals surface area contributed by atoms with Gasteiger partial charge in [0.05, 0.1) is 0 Å². The first-order valence-corrected chi connectivity index (χ1v) is 7.29. The molecule has 1 fully saturated rings. The van der Waals surface area contributed by atoms with E-state index in [4.69, 9.17) is 0 Å². The first-order chi connectivity index (χ1) is 9.11. The summed E-state index contributed by atoms with van der Waals surface area (Å²) in [7, 11) is 3.91. The van der Waals surface area contributed by atoms with Crippen LogP contribution in [-0.4, -0.2) is 24.9 Å². The van der Waals surface area contributed by atoms with E-state index in [0.29, 0.717) is 0 Å². The molecule has 0 radical (unpaired) electrons. The third-order valence-corrected chi connectivity index (χ3v) is 4.22. The molecule has 2 rings (SSSR count). The quantitative estimate of drug-likeness (QED) is 0.776. The second-order valence-electron chi connectivity index (χ2n) is 5.80. The molecule has 1 aliphatic carbocycles. The first kappa shape index (κ1) is 14.0. The highest BCUT2D eigenvalue weighted by Gasteiger charge is 2.27. The predicted octanol–water partition coefficient (Wildman–Crippen LogP) is 3.55. The van der Waals surface area contributed by atoms with Crippen molar-refractivity contribution < 1.29 is 4.79 Å². The molecule has 3 nitrogen and oxygen atoms in total. The molecule has 1 aliphatic rings. The summed E-state index contributed by atoms with van der Waals surface area (Å²) in [5.74, 6) is 2.13. The van der Waals surface area contributed by atoms with Gasteiger partial charge in [-0.05, 0) is 30.9 Å². The van der Waals surface area contributed by atoms with E-state index < -0.39 is 0 Å². The van der Waals surface area contributed by atoms with Gasteiger partial charge in [-0.3, -0.25) is 4.79 Å². The molecule has 0 aromatic carbocycles. The number of carbonyl (C=O) groups is 1. The van der Waals surface area contributed by atoms with E-state index in [0.717, 1.165) is 30.1 Å². The molecule has 0 amide bonds. The van der Waals surface area contributed by atoms with Crippen molar-refractivity contribution in [2.75, 3.05) is 19.0 Å². The number of hydrogen-bond donors (Lipinski definition) is 0. The Morgan fingerprint density at radius 1 is 1.37 bits per heavy atom. The van der Waals surface area contributed by atoms with E-state index >= 15 is 0 Å². The fourth-order valence-electron chi connectivity index (χ4n) is 2.93. The van der Waals surface area contributed by atoms with Crippen LogP contribution in [0.3, 0.4) is 0 Å². The largest absolute Gasteiger partial charge is 0.363 e. The number of ketones is 1. The Morgan fingerprint density at radius 2 is 2.16 bits per heavy atom. The summed E-state index contributed by atoms with van der Waals surface area (Å²) in [6.07, 6.45) is 7.51. The highest BCUT2D eigenvalue weighted by atomic mass is 16.1. The molecular formula is C16H24N2O. The molecule has 3 heteroatoms. The lowest BCUT2D eigenvalue weighted by molar-refractivity contribution is 0.0861. The average Bonchev–Trinajstić information content (AvgIpc) is 2.46. The van der Waals surface area contributed by atoms with Gasteiger partial charge < -0.3 is 4.90 Å². The van der Waals surface area contributed by atoms with Gasteiger partial charge in [-0.15, -0.1) is 0 Å². The number of hydrogen-bond acceptors (Lipinski definition) is 3. The number of rotatable bonds is 4. The Morgan fingerprint density at radius 3 is 2.74 bits per heavy atom. The second-order valence-corrected chi connectivity index (χ2v) is 5.80. The summed E-state index contributed by atoms with van der Waals surface area (Å²) in [6.45, 7) is 2.23. The highest BCUT2D eigenvalue weighted by molar-refractivity contribution is 5.97. The maximum atomic E-state index is 12.5. The van der Waals surface area contributed by atoms with Crippen LogP contribution in [-0.2, 0) is 0 Å². The number of anilines is 1. The molecule has 2 unspecified atom stereocenters. The lowest BCUT2D eigenvalue weighted by Gasteiger charge is -2.27. The fourth-order valence-corrected chi connectivity index (χ4v) is 2.93. The smallest absolute Gasteiger partial charge is 0.167 e. The van der Waals surface area contributed by atoms with Crippen LogP contribution in [0.2, 0.25) is 0 Å². The molecule has 1 heterocycles. The number of pyridine rings is 1. The van der Waals surface area contributed by atoms with Crippen molar-refractivity contribution in [1.29, 1.82) is 0 Å². The molecule has 1 saturated carbocycles. The Kier molecular flexibility index (Phi) is 4.56. The average molecular weight is 260 g/mol. The Hall–Kier alpha value is -1.38. The summed E-state index contributed by atoms with van der Waals surface area (Å²) >= 11 is 0. The maximum absolute atomic E-state index is 12.5. The summed E-state index contributed by atoms with van der Waals surface area (Å²) in [6, 6.07) is 3.84. The van der Waals surface area contributed by atoms with Crippen molar-refractivity contribution in [2.24, 2.45) is 11.8 Å². The summed E-state index contributed by atoms with van der Waals surface area (Å²) < 4.78 is 0. The van der Waals surface area contributed by atoms with Crippen molar-refractivity contribution in [1.82, 2.24) is 4.98 Å². The van der Waals surface area contributed by atoms with E-state index in [1.807, 2.05) is 31.1 Å². The molecule has 0 N–H and O–H groups in total. The van der Waals surface area contributed by atoms with Crippen LogP contribution < -0.4 is 4.90 Å². The molecule has 0 aliphatic heterocycles. The topological polar surface area (TPSA) is 33.2 Å². The summed E-state index contributed by atoms with van der Waals surface area (Å²) in [5.41, 5.74) is 0.771. The predicted molar refractivity (Wildman–Crippen MR) is 78.6 cm³/mol. The van der Waals surface area contributed by atoms with Gasteiger partial charge >= 0.3 is 0 Å². The van der Waals surface area contributed by atoms with Gasteiger partial charge in [-0.25, -0.2) is 4.98 Å². The van der Waals surface area contributed by atoms with E-state index in [1.165, 1.54) is 19.3 Å². The molecule has 19 heavy (non-hydrogen) atoms. The monoisotopic (exact) mass is 260 g/mol. The fraction of sp³-hybridized carbons (Fsp3) is 0.625. The Bertz CT molecular complexity index is 425. The maximum Gasteiger partial charge on any atom is 0.167 e. The van der Waals surface area contributed by atoms with Crippen LogP contribution >= 0.6 is 0 Å². The molecule has 1 aromatic heterocycles. The highest BCUT2D eigenvalue weighted by Crippen LogP contribution is 2.32. The van der Waals surface area contributed by atoms with Gasteiger partial charge in [-0.1, -0.05) is 26.2 Å². The van der Waals surface area contributed by atoms with E-state index in [2.05, 4.69) is 11.9 Å². The minimum absolute atomic E-state index is 0.214. The number of carbonyl (C=O) groups excluding carboxylic acids is 1. The minimum Gasteiger partial charge on any atom is -0.363 e. The first-order valence-electron chi connectivity index (χ1n) is 7.29. The standard InChI is InChI=1S/C16H24N2O/c1-4-12-6-5-7-13(10-12)16(19)14-8-9-15(17-11-14)18(2)3/h8-9,11-13H,4-7,10H2,1-3H3. The van der Waals surface area contributed by atoms with Crippen LogP contribution in [0.15, 0.2) is 18.3 Å². The third kappa shape index (κ3) is 3.34. The van der Waals surface area contributed by atoms with Crippen LogP contribution in [0.5, 0.6) is 0 Å². The SMILES string of the molecule is CCC1CCCC(C(=O)c2ccc(N(C)C)nc2)C1. The number of Topliss-reactive ketones (excluding diaryl/α,β-unsaturated/α-hetero) is 1. The van der Waals surface area contributed by atoms with Crippen LogP contribution in [0.25, 0.3) is 0 Å². The van der Waals surface area contributed by atoms with Crippen LogP contribution in [0, 0.1) is 11.8 Å². The van der Waals surface area contributed by atoms with Crippen molar-refractivity contribution in [3.8, 4) is 0 Å². The van der Waals surface area contributed by atoms with Crippen molar-refractivity contribution >= 4 is 11.6 Å². The van der Waals surface area contributed by atoms with Gasteiger partial charge in [0.15, 0.2) is 5.78 Å². The molecule has 0 bridgehead atoms. The molecule has 0 saturated heterocycles.